The summed E-state index contributed by atoms with van der Waals surface area (Å²) in [5.41, 5.74) is 1.03. The van der Waals surface area contributed by atoms with Crippen LogP contribution in [0.15, 0.2) is 35.5 Å². The summed E-state index contributed by atoms with van der Waals surface area (Å²) in [5.74, 6) is 1.57. The number of thioether (sulfide) groups is 1. The van der Waals surface area contributed by atoms with Gasteiger partial charge in [-0.2, -0.15) is 0 Å². The number of alkyl halides is 1. The maximum atomic E-state index is 9.42. The van der Waals surface area contributed by atoms with Gasteiger partial charge in [-0.3, -0.25) is 0 Å². The van der Waals surface area contributed by atoms with E-state index in [0.717, 1.165) is 16.5 Å². The molecule has 1 N–H and O–H groups in total. The van der Waals surface area contributed by atoms with E-state index in [1.165, 1.54) is 11.8 Å². The third-order valence-electron chi connectivity index (χ3n) is 2.45. The molecule has 1 atom stereocenters. The van der Waals surface area contributed by atoms with Crippen molar-refractivity contribution in [3.05, 3.63) is 30.3 Å². The van der Waals surface area contributed by atoms with Crippen molar-refractivity contribution in [1.29, 1.82) is 0 Å². The van der Waals surface area contributed by atoms with Gasteiger partial charge in [0, 0.05) is 24.2 Å². The second-order valence-electron chi connectivity index (χ2n) is 3.85. The molecule has 0 aliphatic heterocycles. The number of benzene rings is 1. The van der Waals surface area contributed by atoms with Gasteiger partial charge in [0.05, 0.1) is 6.10 Å². The second-order valence-corrected chi connectivity index (χ2v) is 5.15. The fraction of sp³-hybridized carbons (Fsp3) is 0.333. The molecule has 0 amide bonds. The maximum Gasteiger partial charge on any atom is 0.191 e. The third-order valence-corrected chi connectivity index (χ3v) is 3.97. The van der Waals surface area contributed by atoms with E-state index in [2.05, 4.69) is 10.2 Å². The normalized spacial score (nSPS) is 12.6. The molecule has 96 valence electrons. The first-order valence-corrected chi connectivity index (χ1v) is 7.06. The highest BCUT2D eigenvalue weighted by Gasteiger charge is 2.12. The van der Waals surface area contributed by atoms with Crippen LogP contribution in [-0.2, 0) is 7.05 Å². The van der Waals surface area contributed by atoms with E-state index >= 15 is 0 Å². The zero-order valence-corrected chi connectivity index (χ0v) is 11.5. The van der Waals surface area contributed by atoms with E-state index in [0.29, 0.717) is 5.75 Å². The molecule has 1 aromatic heterocycles. The van der Waals surface area contributed by atoms with Crippen LogP contribution in [0.4, 0.5) is 0 Å². The molecule has 1 unspecified atom stereocenters. The van der Waals surface area contributed by atoms with Crippen LogP contribution < -0.4 is 0 Å². The molecular weight excluding hydrogens is 270 g/mol. The lowest BCUT2D eigenvalue weighted by atomic mass is 10.2. The Morgan fingerprint density at radius 1 is 1.33 bits per heavy atom. The summed E-state index contributed by atoms with van der Waals surface area (Å²) in [6.07, 6.45) is -0.520. The van der Waals surface area contributed by atoms with Crippen LogP contribution in [0.3, 0.4) is 0 Å². The fourth-order valence-corrected chi connectivity index (χ4v) is 2.57. The van der Waals surface area contributed by atoms with E-state index in [-0.39, 0.29) is 5.88 Å². The van der Waals surface area contributed by atoms with Crippen LogP contribution in [0.1, 0.15) is 0 Å². The average molecular weight is 284 g/mol. The van der Waals surface area contributed by atoms with Crippen LogP contribution >= 0.6 is 23.4 Å². The minimum absolute atomic E-state index is 0.233. The summed E-state index contributed by atoms with van der Waals surface area (Å²) < 4.78 is 1.92. The topological polar surface area (TPSA) is 50.9 Å². The van der Waals surface area contributed by atoms with Crippen LogP contribution in [0, 0.1) is 0 Å². The summed E-state index contributed by atoms with van der Waals surface area (Å²) in [7, 11) is 1.91. The van der Waals surface area contributed by atoms with Crippen molar-refractivity contribution in [2.24, 2.45) is 7.05 Å². The van der Waals surface area contributed by atoms with Crippen LogP contribution in [-0.4, -0.2) is 37.6 Å². The molecule has 0 fully saturated rings. The predicted molar refractivity (Wildman–Crippen MR) is 73.9 cm³/mol. The Morgan fingerprint density at radius 3 is 2.72 bits per heavy atom. The maximum absolute atomic E-state index is 9.42. The molecule has 0 aliphatic rings. The summed E-state index contributed by atoms with van der Waals surface area (Å²) in [4.78, 5) is 0. The quantitative estimate of drug-likeness (QED) is 0.675. The largest absolute Gasteiger partial charge is 0.391 e. The van der Waals surface area contributed by atoms with Gasteiger partial charge in [-0.1, -0.05) is 42.1 Å². The summed E-state index contributed by atoms with van der Waals surface area (Å²) in [6.45, 7) is 0. The molecule has 0 spiro atoms. The molecule has 2 aromatic rings. The Morgan fingerprint density at radius 2 is 2.06 bits per heavy atom. The molecule has 1 heterocycles. The van der Waals surface area contributed by atoms with Gasteiger partial charge in [-0.15, -0.1) is 21.8 Å². The molecule has 2 rings (SSSR count). The van der Waals surface area contributed by atoms with Crippen LogP contribution in [0.5, 0.6) is 0 Å². The molecular formula is C12H14ClN3OS. The van der Waals surface area contributed by atoms with Crippen molar-refractivity contribution >= 4 is 23.4 Å². The Kier molecular flexibility index (Phi) is 4.63. The highest BCUT2D eigenvalue weighted by molar-refractivity contribution is 7.99. The molecule has 1 aromatic carbocycles. The third kappa shape index (κ3) is 3.04. The van der Waals surface area contributed by atoms with Gasteiger partial charge in [-0.05, 0) is 0 Å². The van der Waals surface area contributed by atoms with Crippen molar-refractivity contribution in [2.45, 2.75) is 11.3 Å². The van der Waals surface area contributed by atoms with Crippen LogP contribution in [0.25, 0.3) is 11.4 Å². The van der Waals surface area contributed by atoms with Crippen molar-refractivity contribution in [3.63, 3.8) is 0 Å². The number of aliphatic hydroxyl groups excluding tert-OH is 1. The first-order chi connectivity index (χ1) is 8.72. The Hall–Kier alpha value is -1.04. The predicted octanol–water partition coefficient (Wildman–Crippen LogP) is 2.17. The molecule has 0 saturated carbocycles. The smallest absolute Gasteiger partial charge is 0.191 e. The first kappa shape index (κ1) is 13.4. The molecule has 6 heteroatoms. The van der Waals surface area contributed by atoms with E-state index in [9.17, 15) is 5.11 Å². The number of halogens is 1. The zero-order valence-electron chi connectivity index (χ0n) is 9.95. The number of aromatic nitrogens is 3. The minimum Gasteiger partial charge on any atom is -0.391 e. The van der Waals surface area contributed by atoms with E-state index in [4.69, 9.17) is 11.6 Å². The Labute approximate surface area is 115 Å². The van der Waals surface area contributed by atoms with Gasteiger partial charge in [0.2, 0.25) is 0 Å². The van der Waals surface area contributed by atoms with Gasteiger partial charge in [-0.25, -0.2) is 0 Å². The molecule has 0 bridgehead atoms. The molecule has 0 radical (unpaired) electrons. The molecule has 0 saturated heterocycles. The average Bonchev–Trinajstić information content (AvgIpc) is 2.78. The fourth-order valence-electron chi connectivity index (χ4n) is 1.49. The monoisotopic (exact) mass is 283 g/mol. The van der Waals surface area contributed by atoms with Crippen molar-refractivity contribution < 1.29 is 5.11 Å². The van der Waals surface area contributed by atoms with Crippen LogP contribution in [0.2, 0.25) is 0 Å². The Bertz CT molecular complexity index is 503. The van der Waals surface area contributed by atoms with Gasteiger partial charge >= 0.3 is 0 Å². The standard InChI is InChI=1S/C12H14ClN3OS/c1-16-11(9-5-3-2-4-6-9)14-15-12(16)18-8-10(17)7-13/h2-6,10,17H,7-8H2,1H3. The Balaban J connectivity index is 2.14. The summed E-state index contributed by atoms with van der Waals surface area (Å²) >= 11 is 7.00. The van der Waals surface area contributed by atoms with E-state index < -0.39 is 6.10 Å². The molecule has 18 heavy (non-hydrogen) atoms. The lowest BCUT2D eigenvalue weighted by molar-refractivity contribution is 0.223. The van der Waals surface area contributed by atoms with E-state index in [1.807, 2.05) is 41.9 Å². The number of aliphatic hydroxyl groups is 1. The van der Waals surface area contributed by atoms with Crippen molar-refractivity contribution in [3.8, 4) is 11.4 Å². The van der Waals surface area contributed by atoms with Gasteiger partial charge in [0.15, 0.2) is 11.0 Å². The molecule has 0 aliphatic carbocycles. The van der Waals surface area contributed by atoms with Gasteiger partial charge < -0.3 is 9.67 Å². The highest BCUT2D eigenvalue weighted by Crippen LogP contribution is 2.22. The number of nitrogens with zero attached hydrogens (tertiary/aromatic N) is 3. The van der Waals surface area contributed by atoms with Gasteiger partial charge in [0.1, 0.15) is 0 Å². The van der Waals surface area contributed by atoms with Crippen molar-refractivity contribution in [2.75, 3.05) is 11.6 Å². The number of rotatable bonds is 5. The van der Waals surface area contributed by atoms with Gasteiger partial charge in [0.25, 0.3) is 0 Å². The summed E-state index contributed by atoms with van der Waals surface area (Å²) in [6, 6.07) is 9.88. The lowest BCUT2D eigenvalue weighted by Crippen LogP contribution is -2.11. The summed E-state index contributed by atoms with van der Waals surface area (Å²) in [5, 5.41) is 18.5. The van der Waals surface area contributed by atoms with Crippen molar-refractivity contribution in [1.82, 2.24) is 14.8 Å². The SMILES string of the molecule is Cn1c(SCC(O)CCl)nnc1-c1ccccc1. The number of hydrogen-bond donors (Lipinski definition) is 1. The number of hydrogen-bond acceptors (Lipinski definition) is 4. The minimum atomic E-state index is -0.520. The second kappa shape index (κ2) is 6.22. The molecule has 4 nitrogen and oxygen atoms in total. The zero-order chi connectivity index (χ0) is 13.0. The first-order valence-electron chi connectivity index (χ1n) is 5.54. The lowest BCUT2D eigenvalue weighted by Gasteiger charge is -2.06. The highest BCUT2D eigenvalue weighted by atomic mass is 35.5. The van der Waals surface area contributed by atoms with E-state index in [1.54, 1.807) is 0 Å².